The molecule has 0 bridgehead atoms. The molecule has 0 saturated carbocycles. The maximum Gasteiger partial charge on any atom is 0.0587 e. The monoisotopic (exact) mass is 323 g/mol. The van der Waals surface area contributed by atoms with E-state index in [2.05, 4.69) is 77.7 Å². The van der Waals surface area contributed by atoms with Crippen LogP contribution in [0.3, 0.4) is 0 Å². The van der Waals surface area contributed by atoms with Crippen LogP contribution in [0.15, 0.2) is 72.8 Å². The summed E-state index contributed by atoms with van der Waals surface area (Å²) >= 11 is 0. The molecule has 3 aliphatic rings. The normalized spacial score (nSPS) is 25.4. The smallest absolute Gasteiger partial charge is 0.0587 e. The minimum Gasteiger partial charge on any atom is -0.360 e. The number of aryl methyl sites for hydroxylation is 1. The number of fused-ring (bicyclic) bond motifs is 10. The van der Waals surface area contributed by atoms with Crippen LogP contribution < -0.4 is 4.90 Å². The second kappa shape index (κ2) is 4.98. The molecule has 122 valence electrons. The average molecular weight is 323 g/mol. The number of nitrogens with zero attached hydrogens (tertiary/aromatic N) is 1. The molecule has 0 unspecified atom stereocenters. The van der Waals surface area contributed by atoms with Crippen molar-refractivity contribution in [3.63, 3.8) is 0 Å². The number of benzene rings is 3. The van der Waals surface area contributed by atoms with Crippen molar-refractivity contribution in [1.29, 1.82) is 0 Å². The molecule has 1 aliphatic carbocycles. The second-order valence-electron chi connectivity index (χ2n) is 7.71. The summed E-state index contributed by atoms with van der Waals surface area (Å²) < 4.78 is 0. The van der Waals surface area contributed by atoms with Crippen LogP contribution in [0.2, 0.25) is 0 Å². The van der Waals surface area contributed by atoms with Crippen molar-refractivity contribution in [3.05, 3.63) is 101 Å². The molecular weight excluding hydrogens is 302 g/mol. The van der Waals surface area contributed by atoms with Crippen LogP contribution in [-0.2, 0) is 13.0 Å². The predicted molar refractivity (Wildman–Crippen MR) is 102 cm³/mol. The first-order valence-corrected chi connectivity index (χ1v) is 9.43. The topological polar surface area (TPSA) is 3.24 Å². The van der Waals surface area contributed by atoms with E-state index in [1.165, 1.54) is 29.7 Å². The Hall–Kier alpha value is -2.54. The largest absolute Gasteiger partial charge is 0.360 e. The van der Waals surface area contributed by atoms with Gasteiger partial charge in [-0.1, -0.05) is 66.7 Å². The van der Waals surface area contributed by atoms with E-state index in [4.69, 9.17) is 0 Å². The van der Waals surface area contributed by atoms with E-state index in [0.29, 0.717) is 17.9 Å². The summed E-state index contributed by atoms with van der Waals surface area (Å²) in [6.45, 7) is 1.06. The van der Waals surface area contributed by atoms with Crippen LogP contribution in [0.1, 0.15) is 46.2 Å². The number of anilines is 1. The van der Waals surface area contributed by atoms with Gasteiger partial charge in [0.25, 0.3) is 0 Å². The lowest BCUT2D eigenvalue weighted by Gasteiger charge is -2.47. The van der Waals surface area contributed by atoms with Crippen molar-refractivity contribution >= 4 is 5.69 Å². The molecule has 1 nitrogen and oxygen atoms in total. The van der Waals surface area contributed by atoms with E-state index in [9.17, 15) is 0 Å². The van der Waals surface area contributed by atoms with E-state index in [0.717, 1.165) is 6.54 Å². The third kappa shape index (κ3) is 1.79. The number of rotatable bonds is 0. The lowest BCUT2D eigenvalue weighted by atomic mass is 9.65. The van der Waals surface area contributed by atoms with Gasteiger partial charge in [-0.3, -0.25) is 0 Å². The van der Waals surface area contributed by atoms with Gasteiger partial charge in [-0.05, 0) is 52.6 Å². The van der Waals surface area contributed by atoms with Crippen LogP contribution in [0.5, 0.6) is 0 Å². The minimum atomic E-state index is 0.532. The van der Waals surface area contributed by atoms with Gasteiger partial charge in [-0.25, -0.2) is 0 Å². The quantitative estimate of drug-likeness (QED) is 0.531. The lowest BCUT2D eigenvalue weighted by Crippen LogP contribution is -2.39. The van der Waals surface area contributed by atoms with Crippen molar-refractivity contribution in [2.75, 3.05) is 4.90 Å². The van der Waals surface area contributed by atoms with Crippen molar-refractivity contribution < 1.29 is 0 Å². The van der Waals surface area contributed by atoms with Crippen molar-refractivity contribution in [1.82, 2.24) is 0 Å². The van der Waals surface area contributed by atoms with Crippen molar-refractivity contribution in [2.24, 2.45) is 5.92 Å². The molecule has 0 saturated heterocycles. The highest BCUT2D eigenvalue weighted by Gasteiger charge is 2.47. The fourth-order valence-corrected chi connectivity index (χ4v) is 5.65. The summed E-state index contributed by atoms with van der Waals surface area (Å²) in [5.74, 6) is 1.21. The Balaban J connectivity index is 1.62. The molecule has 0 aromatic heterocycles. The first-order valence-electron chi connectivity index (χ1n) is 9.43. The molecule has 3 atom stereocenters. The van der Waals surface area contributed by atoms with Gasteiger partial charge < -0.3 is 4.90 Å². The molecule has 0 spiro atoms. The van der Waals surface area contributed by atoms with Crippen molar-refractivity contribution in [3.8, 4) is 0 Å². The first-order chi connectivity index (χ1) is 12.4. The number of hydrogen-bond donors (Lipinski definition) is 0. The molecule has 1 heteroatoms. The Morgan fingerprint density at radius 1 is 0.680 bits per heavy atom. The first kappa shape index (κ1) is 13.7. The molecule has 6 rings (SSSR count). The highest BCUT2D eigenvalue weighted by Crippen LogP contribution is 2.57. The van der Waals surface area contributed by atoms with Gasteiger partial charge in [-0.2, -0.15) is 0 Å². The summed E-state index contributed by atoms with van der Waals surface area (Å²) in [4.78, 5) is 2.68. The third-order valence-corrected chi connectivity index (χ3v) is 6.60. The zero-order valence-electron chi connectivity index (χ0n) is 14.2. The highest BCUT2D eigenvalue weighted by atomic mass is 15.2. The zero-order chi connectivity index (χ0) is 16.4. The average Bonchev–Trinajstić information content (AvgIpc) is 3.07. The Morgan fingerprint density at radius 2 is 1.36 bits per heavy atom. The molecule has 3 aromatic rings. The lowest BCUT2D eigenvalue weighted by molar-refractivity contribution is 0.321. The number of hydrogen-bond acceptors (Lipinski definition) is 1. The zero-order valence-corrected chi connectivity index (χ0v) is 14.2. The molecule has 2 heterocycles. The SMILES string of the molecule is c1ccc2c(c1)CC[C@H]1[C@@H]2c2ccccc2N2Cc3ccccc3[C@H]12. The maximum absolute atomic E-state index is 2.68. The number of para-hydroxylation sites is 1. The molecule has 0 radical (unpaired) electrons. The van der Waals surface area contributed by atoms with Crippen molar-refractivity contribution in [2.45, 2.75) is 31.3 Å². The van der Waals surface area contributed by atoms with E-state index in [-0.39, 0.29) is 0 Å². The Morgan fingerprint density at radius 3 is 2.24 bits per heavy atom. The standard InChI is InChI=1S/C24H21N/c1-3-9-18-16(7-1)13-14-21-23(18)20-11-5-6-12-22(20)25-15-17-8-2-4-10-19(17)24(21)25/h1-12,21,23-24H,13-15H2/t21-,23-,24+/m0/s1. The van der Waals surface area contributed by atoms with Crippen LogP contribution in [0.25, 0.3) is 0 Å². The van der Waals surface area contributed by atoms with Gasteiger partial charge in [-0.15, -0.1) is 0 Å². The van der Waals surface area contributed by atoms with E-state index in [1.54, 1.807) is 16.7 Å². The van der Waals surface area contributed by atoms with Crippen LogP contribution in [0.4, 0.5) is 5.69 Å². The molecule has 25 heavy (non-hydrogen) atoms. The van der Waals surface area contributed by atoms with Gasteiger partial charge in [0, 0.05) is 18.2 Å². The van der Waals surface area contributed by atoms with Gasteiger partial charge >= 0.3 is 0 Å². The van der Waals surface area contributed by atoms with Gasteiger partial charge in [0.15, 0.2) is 0 Å². The Labute approximate surface area is 148 Å². The molecule has 2 aliphatic heterocycles. The third-order valence-electron chi connectivity index (χ3n) is 6.60. The maximum atomic E-state index is 2.68. The summed E-state index contributed by atoms with van der Waals surface area (Å²) in [6.07, 6.45) is 2.50. The molecule has 3 aromatic carbocycles. The van der Waals surface area contributed by atoms with Gasteiger partial charge in [0.05, 0.1) is 6.04 Å². The molecule has 0 amide bonds. The predicted octanol–water partition coefficient (Wildman–Crippen LogP) is 5.46. The summed E-state index contributed by atoms with van der Waals surface area (Å²) in [6, 6.07) is 27.9. The summed E-state index contributed by atoms with van der Waals surface area (Å²) in [7, 11) is 0. The van der Waals surface area contributed by atoms with Gasteiger partial charge in [0.2, 0.25) is 0 Å². The fourth-order valence-electron chi connectivity index (χ4n) is 5.65. The molecule has 0 fully saturated rings. The highest BCUT2D eigenvalue weighted by molar-refractivity contribution is 5.66. The van der Waals surface area contributed by atoms with Crippen LogP contribution in [-0.4, -0.2) is 0 Å². The second-order valence-corrected chi connectivity index (χ2v) is 7.71. The fraction of sp³-hybridized carbons (Fsp3) is 0.250. The Kier molecular flexibility index (Phi) is 2.73. The molecule has 0 N–H and O–H groups in total. The van der Waals surface area contributed by atoms with Gasteiger partial charge in [0.1, 0.15) is 0 Å². The molecular formula is C24H21N. The van der Waals surface area contributed by atoms with E-state index in [1.807, 2.05) is 0 Å². The summed E-state index contributed by atoms with van der Waals surface area (Å²) in [5, 5.41) is 0. The Bertz CT molecular complexity index is 973. The van der Waals surface area contributed by atoms with E-state index < -0.39 is 0 Å². The van der Waals surface area contributed by atoms with E-state index >= 15 is 0 Å². The van der Waals surface area contributed by atoms with Crippen LogP contribution >= 0.6 is 0 Å². The van der Waals surface area contributed by atoms with Crippen LogP contribution in [0, 0.1) is 5.92 Å². The minimum absolute atomic E-state index is 0.532. The summed E-state index contributed by atoms with van der Waals surface area (Å²) in [5.41, 5.74) is 9.17.